The molecule has 1 aromatic carbocycles. The Bertz CT molecular complexity index is 945. The number of nitrogens with one attached hydrogen (secondary N) is 1. The van der Waals surface area contributed by atoms with Gasteiger partial charge in [0.05, 0.1) is 37.0 Å². The van der Waals surface area contributed by atoms with E-state index < -0.39 is 11.8 Å². The van der Waals surface area contributed by atoms with E-state index in [1.54, 1.807) is 10.9 Å². The van der Waals surface area contributed by atoms with Crippen molar-refractivity contribution >= 4 is 17.6 Å². The number of aryl methyl sites for hydroxylation is 1. The Kier molecular flexibility index (Phi) is 6.00. The normalized spacial score (nSPS) is 10.4. The van der Waals surface area contributed by atoms with Crippen molar-refractivity contribution in [1.82, 2.24) is 19.7 Å². The summed E-state index contributed by atoms with van der Waals surface area (Å²) in [6.07, 6.45) is 6.38. The zero-order valence-corrected chi connectivity index (χ0v) is 15.3. The van der Waals surface area contributed by atoms with Crippen LogP contribution in [0.3, 0.4) is 0 Å². The second kappa shape index (κ2) is 8.80. The minimum atomic E-state index is -0.676. The average Bonchev–Trinajstić information content (AvgIpc) is 3.17. The minimum Gasteiger partial charge on any atom is -0.494 e. The Labute approximate surface area is 160 Å². The van der Waals surface area contributed by atoms with Crippen molar-refractivity contribution in [3.8, 4) is 11.5 Å². The first kappa shape index (κ1) is 19.1. The average molecular weight is 387 g/mol. The topological polar surface area (TPSA) is 100 Å². The summed E-state index contributed by atoms with van der Waals surface area (Å²) in [5.41, 5.74) is 0.907. The molecule has 0 spiro atoms. The third-order valence-corrected chi connectivity index (χ3v) is 3.64. The zero-order chi connectivity index (χ0) is 19.9. The molecule has 2 heterocycles. The van der Waals surface area contributed by atoms with Gasteiger partial charge in [0.1, 0.15) is 0 Å². The largest absolute Gasteiger partial charge is 0.494 e. The van der Waals surface area contributed by atoms with Crippen LogP contribution in [0.25, 0.3) is 0 Å². The number of carbonyl (C=O) groups excluding carboxylic acids is 1. The van der Waals surface area contributed by atoms with E-state index in [1.165, 1.54) is 31.6 Å². The zero-order valence-electron chi connectivity index (χ0n) is 15.3. The summed E-state index contributed by atoms with van der Waals surface area (Å²) in [7, 11) is 1.31. The number of halogens is 1. The van der Waals surface area contributed by atoms with Gasteiger partial charge in [0, 0.05) is 12.7 Å². The lowest BCUT2D eigenvalue weighted by atomic mass is 10.2. The van der Waals surface area contributed by atoms with Gasteiger partial charge in [0.25, 0.3) is 0 Å². The second-order valence-corrected chi connectivity index (χ2v) is 5.50. The molecule has 0 unspecified atom stereocenters. The summed E-state index contributed by atoms with van der Waals surface area (Å²) >= 11 is 0. The molecular formula is C18H18FN5O4. The molecule has 9 nitrogen and oxygen atoms in total. The van der Waals surface area contributed by atoms with E-state index in [0.717, 1.165) is 18.3 Å². The number of rotatable bonds is 8. The van der Waals surface area contributed by atoms with E-state index in [9.17, 15) is 9.18 Å². The lowest BCUT2D eigenvalue weighted by Crippen LogP contribution is -2.11. The highest BCUT2D eigenvalue weighted by Crippen LogP contribution is 2.19. The molecule has 146 valence electrons. The summed E-state index contributed by atoms with van der Waals surface area (Å²) in [6, 6.07) is 3.67. The molecule has 0 fully saturated rings. The number of carbonyl (C=O) groups is 1. The van der Waals surface area contributed by atoms with Gasteiger partial charge in [0.15, 0.2) is 17.3 Å². The summed E-state index contributed by atoms with van der Waals surface area (Å²) in [5.74, 6) is -0.595. The van der Waals surface area contributed by atoms with Crippen LogP contribution in [0.1, 0.15) is 17.3 Å². The van der Waals surface area contributed by atoms with Crippen LogP contribution in [-0.4, -0.2) is 39.6 Å². The first-order valence-electron chi connectivity index (χ1n) is 8.34. The molecule has 0 radical (unpaired) electrons. The Morgan fingerprint density at radius 3 is 2.71 bits per heavy atom. The van der Waals surface area contributed by atoms with Gasteiger partial charge in [0.2, 0.25) is 12.7 Å². The molecule has 0 aliphatic heterocycles. The highest BCUT2D eigenvalue weighted by Gasteiger charge is 2.12. The molecule has 3 aromatic rings. The van der Waals surface area contributed by atoms with E-state index in [0.29, 0.717) is 11.7 Å². The maximum absolute atomic E-state index is 13.4. The van der Waals surface area contributed by atoms with Crippen LogP contribution >= 0.6 is 0 Å². The van der Waals surface area contributed by atoms with Crippen LogP contribution in [0.4, 0.5) is 16.0 Å². The maximum atomic E-state index is 13.4. The summed E-state index contributed by atoms with van der Waals surface area (Å²) in [4.78, 5) is 20.2. The summed E-state index contributed by atoms with van der Waals surface area (Å²) in [5, 5.41) is 7.15. The third kappa shape index (κ3) is 4.72. The van der Waals surface area contributed by atoms with Gasteiger partial charge in [-0.1, -0.05) is 0 Å². The minimum absolute atomic E-state index is 0.0451. The van der Waals surface area contributed by atoms with Crippen molar-refractivity contribution in [3.63, 3.8) is 0 Å². The Balaban J connectivity index is 1.50. The fraction of sp³-hybridized carbons (Fsp3) is 0.222. The lowest BCUT2D eigenvalue weighted by molar-refractivity contribution is 0.0151. The number of hydrogen-bond acceptors (Lipinski definition) is 8. The maximum Gasteiger partial charge on any atom is 0.341 e. The first-order valence-corrected chi connectivity index (χ1v) is 8.34. The van der Waals surface area contributed by atoms with Crippen LogP contribution < -0.4 is 14.8 Å². The summed E-state index contributed by atoms with van der Waals surface area (Å²) in [6.45, 7) is 2.40. The fourth-order valence-electron chi connectivity index (χ4n) is 2.21. The standard InChI is InChI=1S/C18H18FN5O4/c1-3-24-10-13(7-22-24)23-18-20-8-14(9-21-18)27-11-28-17(25)12-4-5-15(19)16(6-12)26-2/h4-10H,3,11H2,1-2H3,(H,20,21,23). The molecule has 3 rings (SSSR count). The Morgan fingerprint density at radius 1 is 1.25 bits per heavy atom. The molecule has 0 aliphatic rings. The highest BCUT2D eigenvalue weighted by molar-refractivity contribution is 5.89. The Morgan fingerprint density at radius 2 is 2.04 bits per heavy atom. The Hall–Kier alpha value is -3.69. The van der Waals surface area contributed by atoms with Crippen molar-refractivity contribution < 1.29 is 23.4 Å². The molecule has 0 aliphatic carbocycles. The number of esters is 1. The van der Waals surface area contributed by atoms with E-state index >= 15 is 0 Å². The van der Waals surface area contributed by atoms with Crippen molar-refractivity contribution in [3.05, 3.63) is 54.4 Å². The third-order valence-electron chi connectivity index (χ3n) is 3.64. The fourth-order valence-corrected chi connectivity index (χ4v) is 2.21. The number of ether oxygens (including phenoxy) is 3. The number of aromatic nitrogens is 4. The highest BCUT2D eigenvalue weighted by atomic mass is 19.1. The van der Waals surface area contributed by atoms with Crippen LogP contribution in [0, 0.1) is 5.82 Å². The van der Waals surface area contributed by atoms with Crippen molar-refractivity contribution in [2.75, 3.05) is 19.2 Å². The summed E-state index contributed by atoms with van der Waals surface area (Å²) < 4.78 is 30.2. The predicted octanol–water partition coefficient (Wildman–Crippen LogP) is 2.78. The van der Waals surface area contributed by atoms with Gasteiger partial charge in [-0.25, -0.2) is 19.2 Å². The van der Waals surface area contributed by atoms with Gasteiger partial charge in [-0.2, -0.15) is 5.10 Å². The van der Waals surface area contributed by atoms with Crippen molar-refractivity contribution in [2.45, 2.75) is 13.5 Å². The van der Waals surface area contributed by atoms with E-state index in [4.69, 9.17) is 14.2 Å². The van der Waals surface area contributed by atoms with E-state index in [-0.39, 0.29) is 18.1 Å². The van der Waals surface area contributed by atoms with Crippen LogP contribution in [-0.2, 0) is 11.3 Å². The number of methoxy groups -OCH3 is 1. The second-order valence-electron chi connectivity index (χ2n) is 5.50. The number of hydrogen-bond donors (Lipinski definition) is 1. The van der Waals surface area contributed by atoms with Crippen LogP contribution in [0.15, 0.2) is 43.0 Å². The molecule has 28 heavy (non-hydrogen) atoms. The van der Waals surface area contributed by atoms with Gasteiger partial charge in [-0.05, 0) is 25.1 Å². The molecule has 2 aromatic heterocycles. The van der Waals surface area contributed by atoms with Crippen molar-refractivity contribution in [2.24, 2.45) is 0 Å². The molecular weight excluding hydrogens is 369 g/mol. The molecule has 10 heteroatoms. The lowest BCUT2D eigenvalue weighted by Gasteiger charge is -2.08. The van der Waals surface area contributed by atoms with E-state index in [1.807, 2.05) is 13.1 Å². The van der Waals surface area contributed by atoms with Gasteiger partial charge >= 0.3 is 5.97 Å². The van der Waals surface area contributed by atoms with Crippen LogP contribution in [0.5, 0.6) is 11.5 Å². The molecule has 0 bridgehead atoms. The quantitative estimate of drug-likeness (QED) is 0.465. The van der Waals surface area contributed by atoms with Gasteiger partial charge in [-0.15, -0.1) is 0 Å². The van der Waals surface area contributed by atoms with Gasteiger partial charge < -0.3 is 19.5 Å². The molecule has 1 N–H and O–H groups in total. The van der Waals surface area contributed by atoms with Crippen LogP contribution in [0.2, 0.25) is 0 Å². The molecule has 0 atom stereocenters. The number of anilines is 2. The number of nitrogens with zero attached hydrogens (tertiary/aromatic N) is 4. The van der Waals surface area contributed by atoms with Crippen molar-refractivity contribution in [1.29, 1.82) is 0 Å². The molecule has 0 saturated carbocycles. The molecule has 0 saturated heterocycles. The molecule has 0 amide bonds. The predicted molar refractivity (Wildman–Crippen MR) is 97.1 cm³/mol. The SMILES string of the molecule is CCn1cc(Nc2ncc(OCOC(=O)c3ccc(F)c(OC)c3)cn2)cn1. The monoisotopic (exact) mass is 387 g/mol. The van der Waals surface area contributed by atoms with E-state index in [2.05, 4.69) is 20.4 Å². The smallest absolute Gasteiger partial charge is 0.341 e. The number of benzene rings is 1. The van der Waals surface area contributed by atoms with Gasteiger partial charge in [-0.3, -0.25) is 4.68 Å². The first-order chi connectivity index (χ1) is 13.6.